The van der Waals surface area contributed by atoms with Gasteiger partial charge in [0.1, 0.15) is 16.8 Å². The number of thiophene rings is 1. The van der Waals surface area contributed by atoms with Crippen LogP contribution >= 0.6 is 11.3 Å². The summed E-state index contributed by atoms with van der Waals surface area (Å²) in [6.45, 7) is 4.02. The van der Waals surface area contributed by atoms with Crippen molar-refractivity contribution in [1.82, 2.24) is 4.90 Å². The maximum absolute atomic E-state index is 12.5. The number of benzene rings is 1. The van der Waals surface area contributed by atoms with Crippen LogP contribution in [0.15, 0.2) is 29.2 Å². The van der Waals surface area contributed by atoms with E-state index in [-0.39, 0.29) is 10.8 Å². The topological polar surface area (TPSA) is 99.5 Å². The molecule has 1 aliphatic rings. The van der Waals surface area contributed by atoms with Crippen molar-refractivity contribution in [2.45, 2.75) is 43.9 Å². The van der Waals surface area contributed by atoms with E-state index in [1.54, 1.807) is 29.5 Å². The lowest BCUT2D eigenvalue weighted by Gasteiger charge is -2.17. The fourth-order valence-corrected chi connectivity index (χ4v) is 5.90. The van der Waals surface area contributed by atoms with Crippen LogP contribution < -0.4 is 10.1 Å². The Kier molecular flexibility index (Phi) is 8.51. The number of ether oxygens (including phenoxy) is 1. The van der Waals surface area contributed by atoms with Crippen LogP contribution in [0.2, 0.25) is 0 Å². The number of amides is 1. The van der Waals surface area contributed by atoms with Crippen LogP contribution in [0.3, 0.4) is 0 Å². The quantitative estimate of drug-likeness (QED) is 0.509. The zero-order chi connectivity index (χ0) is 24.0. The van der Waals surface area contributed by atoms with Crippen molar-refractivity contribution in [3.63, 3.8) is 0 Å². The molecule has 1 N–H and O–H groups in total. The molecule has 178 valence electrons. The maximum atomic E-state index is 12.5. The van der Waals surface area contributed by atoms with Crippen LogP contribution in [-0.2, 0) is 27.5 Å². The Hall–Kier alpha value is -2.41. The Balaban J connectivity index is 1.40. The molecule has 2 aromatic rings. The van der Waals surface area contributed by atoms with Crippen LogP contribution in [-0.4, -0.2) is 52.2 Å². The van der Waals surface area contributed by atoms with Gasteiger partial charge in [-0.3, -0.25) is 4.79 Å². The molecule has 1 unspecified atom stereocenters. The van der Waals surface area contributed by atoms with Gasteiger partial charge in [0, 0.05) is 30.6 Å². The van der Waals surface area contributed by atoms with E-state index in [0.29, 0.717) is 41.8 Å². The third-order valence-corrected chi connectivity index (χ3v) is 8.06. The third-order valence-electron chi connectivity index (χ3n) is 5.78. The number of anilines is 1. The summed E-state index contributed by atoms with van der Waals surface area (Å²) in [7, 11) is -1.31. The molecule has 0 bridgehead atoms. The Morgan fingerprint density at radius 1 is 1.36 bits per heavy atom. The van der Waals surface area contributed by atoms with Crippen molar-refractivity contribution in [2.75, 3.05) is 38.3 Å². The largest absolute Gasteiger partial charge is 0.494 e. The first kappa shape index (κ1) is 25.2. The first-order chi connectivity index (χ1) is 15.7. The van der Waals surface area contributed by atoms with E-state index < -0.39 is 9.84 Å². The van der Waals surface area contributed by atoms with Gasteiger partial charge in [0.15, 0.2) is 9.84 Å². The standard InChI is InChI=1S/C24H31N3O4S2/c1-17-8-9-20-21(16-25)24(32-22(20)14-17)26-23(28)10-12-27(2)11-5-13-31-18-6-4-7-19(15-18)33(3,29)30/h4,6-7,15,17H,5,8-14H2,1-3H3,(H,26,28). The minimum absolute atomic E-state index is 0.0844. The highest BCUT2D eigenvalue weighted by Crippen LogP contribution is 2.39. The Morgan fingerprint density at radius 3 is 2.88 bits per heavy atom. The molecule has 1 atom stereocenters. The summed E-state index contributed by atoms with van der Waals surface area (Å²) in [6.07, 6.45) is 5.24. The highest BCUT2D eigenvalue weighted by atomic mass is 32.2. The number of sulfone groups is 1. The first-order valence-electron chi connectivity index (χ1n) is 11.1. The van der Waals surface area contributed by atoms with E-state index in [0.717, 1.165) is 37.8 Å². The molecule has 33 heavy (non-hydrogen) atoms. The molecule has 0 saturated heterocycles. The molecule has 1 aliphatic carbocycles. The SMILES string of the molecule is CC1CCc2c(sc(NC(=O)CCN(C)CCCOc3cccc(S(C)(=O)=O)c3)c2C#N)C1. The molecule has 7 nitrogen and oxygen atoms in total. The number of carbonyl (C=O) groups excluding carboxylic acids is 1. The molecule has 3 rings (SSSR count). The minimum atomic E-state index is -3.26. The van der Waals surface area contributed by atoms with Crippen molar-refractivity contribution >= 4 is 32.1 Å². The van der Waals surface area contributed by atoms with Gasteiger partial charge in [0.2, 0.25) is 5.91 Å². The average molecular weight is 490 g/mol. The van der Waals surface area contributed by atoms with Gasteiger partial charge in [-0.15, -0.1) is 11.3 Å². The first-order valence-corrected chi connectivity index (χ1v) is 13.8. The van der Waals surface area contributed by atoms with Crippen molar-refractivity contribution in [3.05, 3.63) is 40.3 Å². The lowest BCUT2D eigenvalue weighted by Crippen LogP contribution is -2.26. The summed E-state index contributed by atoms with van der Waals surface area (Å²) in [6, 6.07) is 8.77. The minimum Gasteiger partial charge on any atom is -0.494 e. The number of rotatable bonds is 10. The van der Waals surface area contributed by atoms with E-state index >= 15 is 0 Å². The number of hydrogen-bond donors (Lipinski definition) is 1. The molecule has 1 aromatic carbocycles. The summed E-state index contributed by atoms with van der Waals surface area (Å²) < 4.78 is 28.9. The number of fused-ring (bicyclic) bond motifs is 1. The van der Waals surface area contributed by atoms with Crippen LogP contribution in [0.25, 0.3) is 0 Å². The van der Waals surface area contributed by atoms with Gasteiger partial charge in [0.25, 0.3) is 0 Å². The smallest absolute Gasteiger partial charge is 0.226 e. The second-order valence-electron chi connectivity index (χ2n) is 8.72. The predicted octanol–water partition coefficient (Wildman–Crippen LogP) is 3.88. The van der Waals surface area contributed by atoms with Crippen molar-refractivity contribution in [1.29, 1.82) is 5.26 Å². The molecule has 9 heteroatoms. The summed E-state index contributed by atoms with van der Waals surface area (Å²) in [5.74, 6) is 1.06. The lowest BCUT2D eigenvalue weighted by atomic mass is 9.89. The predicted molar refractivity (Wildman–Crippen MR) is 131 cm³/mol. The van der Waals surface area contributed by atoms with Gasteiger partial charge in [-0.1, -0.05) is 13.0 Å². The second-order valence-corrected chi connectivity index (χ2v) is 11.8. The highest BCUT2D eigenvalue weighted by molar-refractivity contribution is 7.90. The fraction of sp³-hybridized carbons (Fsp3) is 0.500. The van der Waals surface area contributed by atoms with E-state index in [2.05, 4.69) is 23.2 Å². The molecule has 0 fully saturated rings. The normalized spacial score (nSPS) is 15.7. The molecule has 0 radical (unpaired) electrons. The highest BCUT2D eigenvalue weighted by Gasteiger charge is 2.24. The molecule has 1 aromatic heterocycles. The van der Waals surface area contributed by atoms with Crippen molar-refractivity contribution in [3.8, 4) is 11.8 Å². The van der Waals surface area contributed by atoms with E-state index in [1.807, 2.05) is 7.05 Å². The van der Waals surface area contributed by atoms with E-state index in [1.165, 1.54) is 17.2 Å². The monoisotopic (exact) mass is 489 g/mol. The van der Waals surface area contributed by atoms with Gasteiger partial charge in [-0.2, -0.15) is 5.26 Å². The van der Waals surface area contributed by atoms with Crippen LogP contribution in [0, 0.1) is 17.2 Å². The zero-order valence-corrected chi connectivity index (χ0v) is 21.0. The van der Waals surface area contributed by atoms with Crippen molar-refractivity contribution in [2.24, 2.45) is 5.92 Å². The zero-order valence-electron chi connectivity index (χ0n) is 19.4. The number of nitriles is 1. The van der Waals surface area contributed by atoms with Gasteiger partial charge in [-0.05, 0) is 62.4 Å². The summed E-state index contributed by atoms with van der Waals surface area (Å²) >= 11 is 1.55. The van der Waals surface area contributed by atoms with Gasteiger partial charge >= 0.3 is 0 Å². The van der Waals surface area contributed by atoms with Crippen molar-refractivity contribution < 1.29 is 17.9 Å². The third kappa shape index (κ3) is 7.03. The van der Waals surface area contributed by atoms with Crippen LogP contribution in [0.4, 0.5) is 5.00 Å². The maximum Gasteiger partial charge on any atom is 0.226 e. The fourth-order valence-electron chi connectivity index (χ4n) is 3.87. The number of carbonyl (C=O) groups is 1. The number of nitrogens with one attached hydrogen (secondary N) is 1. The molecule has 0 spiro atoms. The van der Waals surface area contributed by atoms with Gasteiger partial charge in [0.05, 0.1) is 17.1 Å². The number of hydrogen-bond acceptors (Lipinski definition) is 7. The van der Waals surface area contributed by atoms with Crippen LogP contribution in [0.1, 0.15) is 42.2 Å². The molecule has 0 aliphatic heterocycles. The summed E-state index contributed by atoms with van der Waals surface area (Å²) in [4.78, 5) is 16.0. The van der Waals surface area contributed by atoms with E-state index in [9.17, 15) is 18.5 Å². The van der Waals surface area contributed by atoms with Gasteiger partial charge in [-0.25, -0.2) is 8.42 Å². The van der Waals surface area contributed by atoms with E-state index in [4.69, 9.17) is 4.74 Å². The second kappa shape index (κ2) is 11.1. The Labute approximate surface area is 200 Å². The lowest BCUT2D eigenvalue weighted by molar-refractivity contribution is -0.116. The molecule has 1 amide bonds. The van der Waals surface area contributed by atoms with Gasteiger partial charge < -0.3 is 15.0 Å². The average Bonchev–Trinajstić information content (AvgIpc) is 3.10. The summed E-state index contributed by atoms with van der Waals surface area (Å²) in [5, 5.41) is 13.2. The summed E-state index contributed by atoms with van der Waals surface area (Å²) in [5.41, 5.74) is 1.76. The molecule has 1 heterocycles. The molecular formula is C24H31N3O4S2. The van der Waals surface area contributed by atoms with Crippen LogP contribution in [0.5, 0.6) is 5.75 Å². The molecular weight excluding hydrogens is 458 g/mol. The Morgan fingerprint density at radius 2 is 2.15 bits per heavy atom. The number of nitrogens with zero attached hydrogens (tertiary/aromatic N) is 2. The Bertz CT molecular complexity index is 1140. The molecule has 0 saturated carbocycles.